The standard InChI is InChI=1S/C27H30N2O4/c1-18-6-5-9-25(19(18)2)20-10-12-23(13-11-20)32-17-24-15-29-21(14-26(30)28-27(29)33-24)16-31-22-7-3-4-8-22/h5-6,9-14,22,24H,3-4,7-8,15-17H2,1-2H3. The van der Waals surface area contributed by atoms with E-state index in [1.807, 2.05) is 16.7 Å². The first-order chi connectivity index (χ1) is 16.1. The number of hydrogen-bond donors (Lipinski definition) is 0. The zero-order valence-electron chi connectivity index (χ0n) is 19.3. The normalized spacial score (nSPS) is 17.7. The lowest BCUT2D eigenvalue weighted by atomic mass is 9.97. The van der Waals surface area contributed by atoms with Crippen molar-refractivity contribution in [2.45, 2.75) is 64.9 Å². The third kappa shape index (κ3) is 4.81. The van der Waals surface area contributed by atoms with Gasteiger partial charge in [0.1, 0.15) is 12.4 Å². The third-order valence-corrected chi connectivity index (χ3v) is 6.71. The van der Waals surface area contributed by atoms with Crippen LogP contribution in [0, 0.1) is 13.8 Å². The monoisotopic (exact) mass is 446 g/mol. The minimum Gasteiger partial charge on any atom is -0.490 e. The average Bonchev–Trinajstić information content (AvgIpc) is 3.48. The number of nitrogens with zero attached hydrogens (tertiary/aromatic N) is 2. The van der Waals surface area contributed by atoms with Crippen molar-refractivity contribution >= 4 is 0 Å². The van der Waals surface area contributed by atoms with Gasteiger partial charge in [0.05, 0.1) is 24.9 Å². The number of benzene rings is 2. The summed E-state index contributed by atoms with van der Waals surface area (Å²) in [7, 11) is 0. The van der Waals surface area contributed by atoms with Gasteiger partial charge in [0.15, 0.2) is 6.10 Å². The molecule has 1 fully saturated rings. The molecule has 1 atom stereocenters. The highest BCUT2D eigenvalue weighted by Crippen LogP contribution is 2.28. The van der Waals surface area contributed by atoms with Crippen LogP contribution in [0.1, 0.15) is 42.5 Å². The third-order valence-electron chi connectivity index (χ3n) is 6.71. The summed E-state index contributed by atoms with van der Waals surface area (Å²) in [6.45, 7) is 5.66. The van der Waals surface area contributed by atoms with Gasteiger partial charge in [0.2, 0.25) is 0 Å². The van der Waals surface area contributed by atoms with E-state index in [-0.39, 0.29) is 17.8 Å². The molecule has 33 heavy (non-hydrogen) atoms. The van der Waals surface area contributed by atoms with Gasteiger partial charge in [-0.05, 0) is 61.1 Å². The SMILES string of the molecule is Cc1cccc(-c2ccc(OCC3Cn4c(COC5CCCC5)cc(=O)nc4O3)cc2)c1C. The van der Waals surface area contributed by atoms with Crippen LogP contribution in [-0.2, 0) is 17.9 Å². The summed E-state index contributed by atoms with van der Waals surface area (Å²) in [6.07, 6.45) is 4.70. The van der Waals surface area contributed by atoms with Gasteiger partial charge < -0.3 is 14.2 Å². The van der Waals surface area contributed by atoms with Crippen molar-refractivity contribution in [3.63, 3.8) is 0 Å². The fraction of sp³-hybridized carbons (Fsp3) is 0.407. The molecular weight excluding hydrogens is 416 g/mol. The molecule has 2 aliphatic rings. The highest BCUT2D eigenvalue weighted by molar-refractivity contribution is 5.68. The summed E-state index contributed by atoms with van der Waals surface area (Å²) >= 11 is 0. The molecule has 0 spiro atoms. The zero-order valence-corrected chi connectivity index (χ0v) is 19.3. The number of hydrogen-bond acceptors (Lipinski definition) is 5. The molecule has 3 aromatic rings. The van der Waals surface area contributed by atoms with E-state index < -0.39 is 0 Å². The molecule has 0 bridgehead atoms. The number of ether oxygens (including phenoxy) is 3. The first kappa shape index (κ1) is 21.7. The Morgan fingerprint density at radius 2 is 1.88 bits per heavy atom. The quantitative estimate of drug-likeness (QED) is 0.520. The van der Waals surface area contributed by atoms with Crippen LogP contribution in [0.4, 0.5) is 0 Å². The molecule has 0 N–H and O–H groups in total. The second kappa shape index (κ2) is 9.40. The van der Waals surface area contributed by atoms with Crippen LogP contribution in [0.15, 0.2) is 53.3 Å². The van der Waals surface area contributed by atoms with Crippen LogP contribution < -0.4 is 15.0 Å². The van der Waals surface area contributed by atoms with E-state index in [4.69, 9.17) is 14.2 Å². The molecular formula is C27H30N2O4. The van der Waals surface area contributed by atoms with Gasteiger partial charge >= 0.3 is 6.01 Å². The minimum absolute atomic E-state index is 0.205. The number of rotatable bonds is 7. The summed E-state index contributed by atoms with van der Waals surface area (Å²) < 4.78 is 19.9. The van der Waals surface area contributed by atoms with Gasteiger partial charge in [0, 0.05) is 6.07 Å². The van der Waals surface area contributed by atoms with Crippen LogP contribution in [0.5, 0.6) is 11.8 Å². The highest BCUT2D eigenvalue weighted by Gasteiger charge is 2.27. The Bertz CT molecular complexity index is 1180. The van der Waals surface area contributed by atoms with Crippen molar-refractivity contribution in [2.75, 3.05) is 6.61 Å². The van der Waals surface area contributed by atoms with E-state index in [2.05, 4.69) is 49.2 Å². The predicted molar refractivity (Wildman–Crippen MR) is 127 cm³/mol. The molecule has 6 heteroatoms. The minimum atomic E-state index is -0.296. The summed E-state index contributed by atoms with van der Waals surface area (Å²) in [6, 6.07) is 16.4. The van der Waals surface area contributed by atoms with Crippen LogP contribution in [-0.4, -0.2) is 28.4 Å². The second-order valence-corrected chi connectivity index (χ2v) is 9.02. The van der Waals surface area contributed by atoms with Gasteiger partial charge in [-0.2, -0.15) is 4.98 Å². The number of fused-ring (bicyclic) bond motifs is 1. The molecule has 1 saturated carbocycles. The van der Waals surface area contributed by atoms with E-state index in [1.54, 1.807) is 6.07 Å². The fourth-order valence-corrected chi connectivity index (χ4v) is 4.65. The maximum atomic E-state index is 12.0. The predicted octanol–water partition coefficient (Wildman–Crippen LogP) is 4.83. The van der Waals surface area contributed by atoms with Gasteiger partial charge in [-0.25, -0.2) is 0 Å². The molecule has 0 amide bonds. The lowest BCUT2D eigenvalue weighted by Crippen LogP contribution is -2.23. The lowest BCUT2D eigenvalue weighted by Gasteiger charge is -2.14. The molecule has 2 aromatic carbocycles. The second-order valence-electron chi connectivity index (χ2n) is 9.02. The summed E-state index contributed by atoms with van der Waals surface area (Å²) in [5.41, 5.74) is 5.50. The van der Waals surface area contributed by atoms with Crippen LogP contribution >= 0.6 is 0 Å². The molecule has 0 radical (unpaired) electrons. The van der Waals surface area contributed by atoms with E-state index in [0.29, 0.717) is 25.8 Å². The van der Waals surface area contributed by atoms with Crippen molar-refractivity contribution in [2.24, 2.45) is 0 Å². The molecule has 1 aliphatic carbocycles. The summed E-state index contributed by atoms with van der Waals surface area (Å²) in [5, 5.41) is 0. The fourth-order valence-electron chi connectivity index (χ4n) is 4.65. The molecule has 1 aliphatic heterocycles. The summed E-state index contributed by atoms with van der Waals surface area (Å²) in [5.74, 6) is 0.788. The number of aromatic nitrogens is 2. The molecule has 2 heterocycles. The van der Waals surface area contributed by atoms with Crippen LogP contribution in [0.25, 0.3) is 11.1 Å². The molecule has 5 rings (SSSR count). The largest absolute Gasteiger partial charge is 0.490 e. The van der Waals surface area contributed by atoms with Crippen LogP contribution in [0.3, 0.4) is 0 Å². The molecule has 6 nitrogen and oxygen atoms in total. The molecule has 1 aromatic heterocycles. The topological polar surface area (TPSA) is 62.6 Å². The van der Waals surface area contributed by atoms with Crippen LogP contribution in [0.2, 0.25) is 0 Å². The van der Waals surface area contributed by atoms with E-state index in [1.165, 1.54) is 35.1 Å². The smallest absolute Gasteiger partial charge is 0.300 e. The maximum Gasteiger partial charge on any atom is 0.300 e. The van der Waals surface area contributed by atoms with Crippen molar-refractivity contribution in [3.8, 4) is 22.9 Å². The van der Waals surface area contributed by atoms with Gasteiger partial charge in [-0.1, -0.05) is 43.2 Å². The summed E-state index contributed by atoms with van der Waals surface area (Å²) in [4.78, 5) is 16.1. The Labute approximate surface area is 194 Å². The molecule has 0 saturated heterocycles. The van der Waals surface area contributed by atoms with E-state index >= 15 is 0 Å². The number of aryl methyl sites for hydroxylation is 1. The Kier molecular flexibility index (Phi) is 6.18. The van der Waals surface area contributed by atoms with Gasteiger partial charge in [0.25, 0.3) is 5.56 Å². The Morgan fingerprint density at radius 1 is 1.09 bits per heavy atom. The first-order valence-electron chi connectivity index (χ1n) is 11.8. The maximum absolute atomic E-state index is 12.0. The van der Waals surface area contributed by atoms with Gasteiger partial charge in [-0.3, -0.25) is 9.36 Å². The Morgan fingerprint density at radius 3 is 2.67 bits per heavy atom. The molecule has 1 unspecified atom stereocenters. The lowest BCUT2D eigenvalue weighted by molar-refractivity contribution is 0.0418. The average molecular weight is 447 g/mol. The van der Waals surface area contributed by atoms with E-state index in [9.17, 15) is 4.79 Å². The van der Waals surface area contributed by atoms with Crippen molar-refractivity contribution in [1.82, 2.24) is 9.55 Å². The molecule has 172 valence electrons. The van der Waals surface area contributed by atoms with E-state index in [0.717, 1.165) is 24.3 Å². The Balaban J connectivity index is 1.21. The highest BCUT2D eigenvalue weighted by atomic mass is 16.6. The Hall–Kier alpha value is -3.12. The first-order valence-corrected chi connectivity index (χ1v) is 11.8. The zero-order chi connectivity index (χ0) is 22.8. The van der Waals surface area contributed by atoms with Gasteiger partial charge in [-0.15, -0.1) is 0 Å². The van der Waals surface area contributed by atoms with Crippen molar-refractivity contribution in [3.05, 3.63) is 75.7 Å². The van der Waals surface area contributed by atoms with Crippen molar-refractivity contribution in [1.29, 1.82) is 0 Å². The van der Waals surface area contributed by atoms with Crippen molar-refractivity contribution < 1.29 is 14.2 Å².